The van der Waals surface area contributed by atoms with Crippen molar-refractivity contribution in [3.63, 3.8) is 0 Å². The smallest absolute Gasteiger partial charge is 0.182 e. The number of nitrogen functional groups attached to an aromatic ring is 1. The summed E-state index contributed by atoms with van der Waals surface area (Å²) in [4.78, 5) is 17.4. The van der Waals surface area contributed by atoms with E-state index >= 15 is 0 Å². The second kappa shape index (κ2) is 6.66. The van der Waals surface area contributed by atoms with Gasteiger partial charge < -0.3 is 15.4 Å². The van der Waals surface area contributed by atoms with E-state index in [-0.39, 0.29) is 28.9 Å². The van der Waals surface area contributed by atoms with E-state index in [9.17, 15) is 9.90 Å². The van der Waals surface area contributed by atoms with Crippen molar-refractivity contribution in [1.82, 2.24) is 9.55 Å². The highest BCUT2D eigenvalue weighted by Crippen LogP contribution is 2.40. The number of fused-ring (bicyclic) bond motifs is 1. The SMILES string of the molecule is CC(C)(C)c1cc(C(=O)Cn2cc3ncccc3c2N)cc(C(C)(C)C)c1O. The van der Waals surface area contributed by atoms with E-state index in [2.05, 4.69) is 4.98 Å². The second-order valence-corrected chi connectivity index (χ2v) is 9.42. The molecule has 0 aliphatic heterocycles. The maximum atomic E-state index is 13.1. The van der Waals surface area contributed by atoms with Gasteiger partial charge in [0.2, 0.25) is 0 Å². The first-order valence-corrected chi connectivity index (χ1v) is 9.50. The summed E-state index contributed by atoms with van der Waals surface area (Å²) >= 11 is 0. The van der Waals surface area contributed by atoms with Gasteiger partial charge in [-0.15, -0.1) is 0 Å². The number of nitrogens with zero attached hydrogens (tertiary/aromatic N) is 2. The van der Waals surface area contributed by atoms with E-state index in [0.717, 1.165) is 22.0 Å². The number of nitrogens with two attached hydrogens (primary N) is 1. The van der Waals surface area contributed by atoms with Crippen molar-refractivity contribution in [2.75, 3.05) is 5.73 Å². The lowest BCUT2D eigenvalue weighted by molar-refractivity contribution is 0.0972. The van der Waals surface area contributed by atoms with Crippen LogP contribution in [0.4, 0.5) is 5.82 Å². The lowest BCUT2D eigenvalue weighted by Gasteiger charge is -2.28. The standard InChI is InChI=1S/C23H29N3O2/c1-22(2,3)16-10-14(11-17(20(16)28)23(4,5)6)19(27)13-26-12-18-15(21(26)24)8-7-9-25-18/h7-12,28H,13,24H2,1-6H3. The summed E-state index contributed by atoms with van der Waals surface area (Å²) in [7, 11) is 0. The number of benzene rings is 1. The molecule has 0 amide bonds. The van der Waals surface area contributed by atoms with Gasteiger partial charge in [-0.1, -0.05) is 41.5 Å². The van der Waals surface area contributed by atoms with E-state index < -0.39 is 0 Å². The summed E-state index contributed by atoms with van der Waals surface area (Å²) in [5.74, 6) is 0.747. The van der Waals surface area contributed by atoms with Crippen LogP contribution in [0.1, 0.15) is 63.0 Å². The molecule has 0 aliphatic rings. The van der Waals surface area contributed by atoms with Gasteiger partial charge in [-0.05, 0) is 35.1 Å². The molecule has 0 aliphatic carbocycles. The molecule has 28 heavy (non-hydrogen) atoms. The molecule has 0 atom stereocenters. The number of phenols is 1. The quantitative estimate of drug-likeness (QED) is 0.640. The van der Waals surface area contributed by atoms with Gasteiger partial charge in [-0.2, -0.15) is 0 Å². The van der Waals surface area contributed by atoms with Crippen molar-refractivity contribution >= 4 is 22.5 Å². The normalized spacial score (nSPS) is 12.5. The van der Waals surface area contributed by atoms with Gasteiger partial charge in [0, 0.05) is 34.5 Å². The number of phenolic OH excluding ortho intramolecular Hbond substituents is 1. The fourth-order valence-electron chi connectivity index (χ4n) is 3.42. The first kappa shape index (κ1) is 19.9. The number of rotatable bonds is 3. The molecule has 148 valence electrons. The van der Waals surface area contributed by atoms with Crippen LogP contribution in [0.25, 0.3) is 10.9 Å². The molecule has 3 rings (SSSR count). The number of anilines is 1. The van der Waals surface area contributed by atoms with Crippen molar-refractivity contribution in [1.29, 1.82) is 0 Å². The zero-order chi connectivity index (χ0) is 20.9. The predicted octanol–water partition coefficient (Wildman–Crippen LogP) is 4.80. The fraction of sp³-hybridized carbons (Fsp3) is 0.391. The van der Waals surface area contributed by atoms with Crippen LogP contribution in [-0.4, -0.2) is 20.4 Å². The molecule has 5 nitrogen and oxygen atoms in total. The first-order valence-electron chi connectivity index (χ1n) is 9.50. The molecule has 0 unspecified atom stereocenters. The molecule has 0 saturated heterocycles. The minimum atomic E-state index is -0.286. The average Bonchev–Trinajstić information content (AvgIpc) is 2.89. The maximum Gasteiger partial charge on any atom is 0.182 e. The van der Waals surface area contributed by atoms with E-state index in [1.807, 2.05) is 65.8 Å². The van der Waals surface area contributed by atoms with Gasteiger partial charge in [-0.3, -0.25) is 9.78 Å². The highest BCUT2D eigenvalue weighted by Gasteiger charge is 2.28. The predicted molar refractivity (Wildman–Crippen MR) is 114 cm³/mol. The van der Waals surface area contributed by atoms with Crippen LogP contribution < -0.4 is 5.73 Å². The topological polar surface area (TPSA) is 81.1 Å². The average molecular weight is 380 g/mol. The molecule has 1 aromatic carbocycles. The minimum absolute atomic E-state index is 0.0528. The van der Waals surface area contributed by atoms with Gasteiger partial charge in [0.05, 0.1) is 12.1 Å². The monoisotopic (exact) mass is 379 g/mol. The van der Waals surface area contributed by atoms with E-state index in [1.165, 1.54) is 0 Å². The molecule has 0 spiro atoms. The summed E-state index contributed by atoms with van der Waals surface area (Å²) in [5.41, 5.74) is 8.54. The van der Waals surface area contributed by atoms with Crippen molar-refractivity contribution in [2.24, 2.45) is 0 Å². The van der Waals surface area contributed by atoms with E-state index in [0.29, 0.717) is 11.4 Å². The lowest BCUT2D eigenvalue weighted by atomic mass is 9.78. The van der Waals surface area contributed by atoms with Crippen molar-refractivity contribution < 1.29 is 9.90 Å². The van der Waals surface area contributed by atoms with Crippen LogP contribution >= 0.6 is 0 Å². The molecular weight excluding hydrogens is 350 g/mol. The van der Waals surface area contributed by atoms with Gasteiger partial charge in [0.1, 0.15) is 11.6 Å². The number of pyridine rings is 1. The van der Waals surface area contributed by atoms with Gasteiger partial charge in [0.25, 0.3) is 0 Å². The molecule has 5 heteroatoms. The highest BCUT2D eigenvalue weighted by atomic mass is 16.3. The number of aromatic hydroxyl groups is 1. The van der Waals surface area contributed by atoms with E-state index in [4.69, 9.17) is 5.73 Å². The van der Waals surface area contributed by atoms with Crippen LogP contribution in [-0.2, 0) is 17.4 Å². The Kier molecular flexibility index (Phi) is 4.74. The third-order valence-corrected chi connectivity index (χ3v) is 5.06. The Bertz CT molecular complexity index is 1010. The maximum absolute atomic E-state index is 13.1. The number of hydrogen-bond donors (Lipinski definition) is 2. The number of hydrogen-bond acceptors (Lipinski definition) is 4. The molecule has 2 heterocycles. The summed E-state index contributed by atoms with van der Waals surface area (Å²) < 4.78 is 1.74. The Balaban J connectivity index is 2.06. The molecule has 3 N–H and O–H groups in total. The van der Waals surface area contributed by atoms with Crippen molar-refractivity contribution in [2.45, 2.75) is 58.9 Å². The summed E-state index contributed by atoms with van der Waals surface area (Å²) in [6, 6.07) is 7.35. The Morgan fingerprint density at radius 1 is 1.11 bits per heavy atom. The Morgan fingerprint density at radius 3 is 2.18 bits per heavy atom. The largest absolute Gasteiger partial charge is 0.507 e. The Morgan fingerprint density at radius 2 is 1.68 bits per heavy atom. The van der Waals surface area contributed by atoms with Crippen LogP contribution in [0.2, 0.25) is 0 Å². The van der Waals surface area contributed by atoms with Crippen LogP contribution in [0.3, 0.4) is 0 Å². The number of Topliss-reactive ketones (excluding diaryl/α,β-unsaturated/α-hetero) is 1. The van der Waals surface area contributed by atoms with Crippen molar-refractivity contribution in [3.05, 3.63) is 53.3 Å². The van der Waals surface area contributed by atoms with Crippen LogP contribution in [0.15, 0.2) is 36.7 Å². The number of ketones is 1. The molecule has 0 radical (unpaired) electrons. The lowest BCUT2D eigenvalue weighted by Crippen LogP contribution is -2.20. The summed E-state index contributed by atoms with van der Waals surface area (Å²) in [5, 5.41) is 11.7. The highest BCUT2D eigenvalue weighted by molar-refractivity contribution is 5.98. The second-order valence-electron chi connectivity index (χ2n) is 9.42. The Hall–Kier alpha value is -2.82. The van der Waals surface area contributed by atoms with Gasteiger partial charge >= 0.3 is 0 Å². The fourth-order valence-corrected chi connectivity index (χ4v) is 3.42. The Labute approximate surface area is 166 Å². The van der Waals surface area contributed by atoms with Crippen LogP contribution in [0, 0.1) is 0 Å². The van der Waals surface area contributed by atoms with Gasteiger partial charge in [-0.25, -0.2) is 0 Å². The molecule has 2 aromatic heterocycles. The number of carbonyl (C=O) groups excluding carboxylic acids is 1. The number of aromatic nitrogens is 2. The van der Waals surface area contributed by atoms with Gasteiger partial charge in [0.15, 0.2) is 5.78 Å². The molecule has 0 saturated carbocycles. The first-order chi connectivity index (χ1) is 12.9. The number of carbonyl (C=O) groups is 1. The summed E-state index contributed by atoms with van der Waals surface area (Å²) in [6.45, 7) is 12.3. The molecule has 3 aromatic rings. The zero-order valence-corrected chi connectivity index (χ0v) is 17.5. The molecular formula is C23H29N3O2. The third-order valence-electron chi connectivity index (χ3n) is 5.06. The van der Waals surface area contributed by atoms with Crippen LogP contribution in [0.5, 0.6) is 5.75 Å². The minimum Gasteiger partial charge on any atom is -0.507 e. The summed E-state index contributed by atoms with van der Waals surface area (Å²) in [6.07, 6.45) is 3.51. The molecule has 0 fully saturated rings. The molecule has 0 bridgehead atoms. The van der Waals surface area contributed by atoms with Crippen molar-refractivity contribution in [3.8, 4) is 5.75 Å². The van der Waals surface area contributed by atoms with E-state index in [1.54, 1.807) is 17.0 Å². The zero-order valence-electron chi connectivity index (χ0n) is 17.5. The third kappa shape index (κ3) is 3.61.